The molecule has 26 heavy (non-hydrogen) atoms. The maximum Gasteiger partial charge on any atom is 0.338 e. The molecule has 9 heteroatoms. The predicted molar refractivity (Wildman–Crippen MR) is 89.7 cm³/mol. The van der Waals surface area contributed by atoms with Crippen LogP contribution in [0.5, 0.6) is 0 Å². The molecule has 1 amide bonds. The standard InChI is InChI=1S/C17H20N2O7/c1-11-5-3-4-6-18(11)15(20)10-26-17(22)13-7-12(16(21)25-2)8-14(9-13)19(23)24/h7-9,11H,3-6,10H2,1-2H3/t11-/m0/s1. The van der Waals surface area contributed by atoms with Crippen LogP contribution in [0.25, 0.3) is 0 Å². The van der Waals surface area contributed by atoms with Crippen molar-refractivity contribution in [3.63, 3.8) is 0 Å². The molecule has 1 aliphatic heterocycles. The third-order valence-corrected chi connectivity index (χ3v) is 4.24. The highest BCUT2D eigenvalue weighted by Crippen LogP contribution is 2.20. The van der Waals surface area contributed by atoms with Crippen molar-refractivity contribution in [2.45, 2.75) is 32.2 Å². The van der Waals surface area contributed by atoms with Crippen LogP contribution >= 0.6 is 0 Å². The summed E-state index contributed by atoms with van der Waals surface area (Å²) < 4.78 is 9.51. The number of carbonyl (C=O) groups is 3. The van der Waals surface area contributed by atoms with Crippen molar-refractivity contribution in [1.29, 1.82) is 0 Å². The smallest absolute Gasteiger partial charge is 0.338 e. The molecule has 1 aromatic rings. The van der Waals surface area contributed by atoms with E-state index in [9.17, 15) is 24.5 Å². The number of carbonyl (C=O) groups excluding carboxylic acids is 3. The van der Waals surface area contributed by atoms with Crippen molar-refractivity contribution in [2.75, 3.05) is 20.3 Å². The summed E-state index contributed by atoms with van der Waals surface area (Å²) in [5, 5.41) is 11.0. The van der Waals surface area contributed by atoms with Gasteiger partial charge in [0.1, 0.15) is 0 Å². The molecule has 0 bridgehead atoms. The van der Waals surface area contributed by atoms with Crippen LogP contribution in [-0.4, -0.2) is 54.0 Å². The van der Waals surface area contributed by atoms with E-state index < -0.39 is 29.2 Å². The number of nitro benzene ring substituents is 1. The van der Waals surface area contributed by atoms with E-state index in [4.69, 9.17) is 4.74 Å². The van der Waals surface area contributed by atoms with Crippen LogP contribution in [0.3, 0.4) is 0 Å². The molecular weight excluding hydrogens is 344 g/mol. The number of non-ortho nitro benzene ring substituents is 1. The molecule has 1 fully saturated rings. The van der Waals surface area contributed by atoms with Gasteiger partial charge in [0.2, 0.25) is 0 Å². The largest absolute Gasteiger partial charge is 0.465 e. The number of rotatable bonds is 5. The second kappa shape index (κ2) is 8.41. The Balaban J connectivity index is 2.10. The van der Waals surface area contributed by atoms with Crippen molar-refractivity contribution >= 4 is 23.5 Å². The lowest BCUT2D eigenvalue weighted by atomic mass is 10.0. The summed E-state index contributed by atoms with van der Waals surface area (Å²) in [4.78, 5) is 47.9. The number of esters is 2. The van der Waals surface area contributed by atoms with Gasteiger partial charge in [-0.3, -0.25) is 14.9 Å². The number of hydrogen-bond donors (Lipinski definition) is 0. The summed E-state index contributed by atoms with van der Waals surface area (Å²) >= 11 is 0. The average Bonchev–Trinajstić information content (AvgIpc) is 2.65. The quantitative estimate of drug-likeness (QED) is 0.445. The highest BCUT2D eigenvalue weighted by atomic mass is 16.6. The molecule has 9 nitrogen and oxygen atoms in total. The van der Waals surface area contributed by atoms with E-state index in [0.717, 1.165) is 44.6 Å². The van der Waals surface area contributed by atoms with Gasteiger partial charge in [-0.15, -0.1) is 0 Å². The van der Waals surface area contributed by atoms with E-state index in [1.54, 1.807) is 4.90 Å². The third kappa shape index (κ3) is 4.56. The van der Waals surface area contributed by atoms with E-state index in [1.807, 2.05) is 6.92 Å². The number of piperidine rings is 1. The van der Waals surface area contributed by atoms with E-state index in [1.165, 1.54) is 0 Å². The van der Waals surface area contributed by atoms with Crippen LogP contribution in [0.1, 0.15) is 46.9 Å². The van der Waals surface area contributed by atoms with Gasteiger partial charge >= 0.3 is 11.9 Å². The molecule has 140 valence electrons. The minimum atomic E-state index is -0.920. The molecule has 0 aliphatic carbocycles. The SMILES string of the molecule is COC(=O)c1cc(C(=O)OCC(=O)N2CCCC[C@@H]2C)cc([N+](=O)[O-])c1. The molecule has 0 N–H and O–H groups in total. The summed E-state index contributed by atoms with van der Waals surface area (Å²) in [7, 11) is 1.12. The monoisotopic (exact) mass is 364 g/mol. The molecule has 0 saturated carbocycles. The van der Waals surface area contributed by atoms with E-state index in [0.29, 0.717) is 6.54 Å². The third-order valence-electron chi connectivity index (χ3n) is 4.24. The lowest BCUT2D eigenvalue weighted by molar-refractivity contribution is -0.384. The van der Waals surface area contributed by atoms with Crippen molar-refractivity contribution in [1.82, 2.24) is 4.90 Å². The van der Waals surface area contributed by atoms with Gasteiger partial charge in [0, 0.05) is 24.7 Å². The van der Waals surface area contributed by atoms with Crippen molar-refractivity contribution in [3.05, 3.63) is 39.4 Å². The zero-order chi connectivity index (χ0) is 19.3. The number of amides is 1. The van der Waals surface area contributed by atoms with Crippen LogP contribution in [-0.2, 0) is 14.3 Å². The Hall–Kier alpha value is -2.97. The molecule has 0 radical (unpaired) electrons. The van der Waals surface area contributed by atoms with E-state index >= 15 is 0 Å². The van der Waals surface area contributed by atoms with Gasteiger partial charge in [0.25, 0.3) is 11.6 Å². The Morgan fingerprint density at radius 3 is 2.42 bits per heavy atom. The predicted octanol–water partition coefficient (Wildman–Crippen LogP) is 1.94. The van der Waals surface area contributed by atoms with Gasteiger partial charge < -0.3 is 14.4 Å². The summed E-state index contributed by atoms with van der Waals surface area (Å²) in [5.41, 5.74) is -0.792. The number of hydrogen-bond acceptors (Lipinski definition) is 7. The molecule has 1 heterocycles. The fraction of sp³-hybridized carbons (Fsp3) is 0.471. The van der Waals surface area contributed by atoms with Crippen LogP contribution in [0.4, 0.5) is 5.69 Å². The average molecular weight is 364 g/mol. The normalized spacial score (nSPS) is 16.7. The second-order valence-electron chi connectivity index (χ2n) is 6.03. The number of nitro groups is 1. The molecule has 1 aliphatic rings. The Bertz CT molecular complexity index is 732. The first-order chi connectivity index (χ1) is 12.3. The van der Waals surface area contributed by atoms with Gasteiger partial charge in [0.05, 0.1) is 23.2 Å². The van der Waals surface area contributed by atoms with Crippen molar-refractivity contribution in [3.8, 4) is 0 Å². The molecular formula is C17H20N2O7. The Morgan fingerprint density at radius 2 is 1.85 bits per heavy atom. The summed E-state index contributed by atoms with van der Waals surface area (Å²) in [6, 6.07) is 3.21. The lowest BCUT2D eigenvalue weighted by Crippen LogP contribution is -2.44. The molecule has 2 rings (SSSR count). The molecule has 0 aromatic heterocycles. The zero-order valence-corrected chi connectivity index (χ0v) is 14.6. The van der Waals surface area contributed by atoms with Gasteiger partial charge in [-0.05, 0) is 32.3 Å². The minimum Gasteiger partial charge on any atom is -0.465 e. The molecule has 1 aromatic carbocycles. The maximum absolute atomic E-state index is 12.2. The molecule has 0 spiro atoms. The second-order valence-corrected chi connectivity index (χ2v) is 6.03. The summed E-state index contributed by atoms with van der Waals surface area (Å²) in [6.45, 7) is 2.09. The van der Waals surface area contributed by atoms with Crippen molar-refractivity contribution in [2.24, 2.45) is 0 Å². The molecule has 1 atom stereocenters. The summed E-state index contributed by atoms with van der Waals surface area (Å²) in [6.07, 6.45) is 2.85. The highest BCUT2D eigenvalue weighted by Gasteiger charge is 2.25. The Kier molecular flexibility index (Phi) is 6.26. The van der Waals surface area contributed by atoms with Crippen LogP contribution in [0.15, 0.2) is 18.2 Å². The number of benzene rings is 1. The van der Waals surface area contributed by atoms with Crippen LogP contribution in [0.2, 0.25) is 0 Å². The minimum absolute atomic E-state index is 0.0821. The Morgan fingerprint density at radius 1 is 1.19 bits per heavy atom. The fourth-order valence-electron chi connectivity index (χ4n) is 2.83. The van der Waals surface area contributed by atoms with Gasteiger partial charge in [0.15, 0.2) is 6.61 Å². The van der Waals surface area contributed by atoms with Crippen LogP contribution < -0.4 is 0 Å². The van der Waals surface area contributed by atoms with Crippen molar-refractivity contribution < 1.29 is 28.8 Å². The number of likely N-dealkylation sites (tertiary alicyclic amines) is 1. The number of methoxy groups -OCH3 is 1. The number of nitrogens with zero attached hydrogens (tertiary/aromatic N) is 2. The maximum atomic E-state index is 12.2. The van der Waals surface area contributed by atoms with Gasteiger partial charge in [-0.25, -0.2) is 9.59 Å². The first kappa shape index (κ1) is 19.4. The first-order valence-corrected chi connectivity index (χ1v) is 8.18. The van der Waals surface area contributed by atoms with E-state index in [-0.39, 0.29) is 23.1 Å². The first-order valence-electron chi connectivity index (χ1n) is 8.18. The Labute approximate surface area is 150 Å². The lowest BCUT2D eigenvalue weighted by Gasteiger charge is -2.33. The number of ether oxygens (including phenoxy) is 2. The van der Waals surface area contributed by atoms with Gasteiger partial charge in [-0.2, -0.15) is 0 Å². The highest BCUT2D eigenvalue weighted by molar-refractivity contribution is 5.97. The topological polar surface area (TPSA) is 116 Å². The van der Waals surface area contributed by atoms with Crippen LogP contribution in [0, 0.1) is 10.1 Å². The molecule has 0 unspecified atom stereocenters. The van der Waals surface area contributed by atoms with E-state index in [2.05, 4.69) is 4.74 Å². The fourth-order valence-corrected chi connectivity index (χ4v) is 2.83. The van der Waals surface area contributed by atoms with Gasteiger partial charge in [-0.1, -0.05) is 0 Å². The summed E-state index contributed by atoms with van der Waals surface area (Å²) in [5.74, 6) is -2.05. The zero-order valence-electron chi connectivity index (χ0n) is 14.6. The molecule has 1 saturated heterocycles.